The summed E-state index contributed by atoms with van der Waals surface area (Å²) in [4.78, 5) is 10.9. The quantitative estimate of drug-likeness (QED) is 0.363. The molecule has 0 aliphatic heterocycles. The first-order valence-electron chi connectivity index (χ1n) is 5.05. The maximum atomic E-state index is 10.9. The van der Waals surface area contributed by atoms with Crippen molar-refractivity contribution in [1.82, 2.24) is 0 Å². The molecule has 0 aliphatic carbocycles. The minimum atomic E-state index is -2.29. The lowest BCUT2D eigenvalue weighted by atomic mass is 10.4. The average Bonchev–Trinajstić information content (AvgIpc) is 2.15. The largest absolute Gasteiger partial charge is 0.489 e. The van der Waals surface area contributed by atoms with Gasteiger partial charge in [-0.1, -0.05) is 6.58 Å². The lowest BCUT2D eigenvalue weighted by Gasteiger charge is -2.25. The second kappa shape index (κ2) is 6.76. The number of allylic oxidation sites excluding steroid dienone is 1. The van der Waals surface area contributed by atoms with E-state index in [1.54, 1.807) is 0 Å². The topological polar surface area (TPSA) is 44.8 Å². The molecular weight excluding hydrogens is 212 g/mol. The van der Waals surface area contributed by atoms with E-state index in [1.165, 1.54) is 6.92 Å². The number of hydrogen-bond donors (Lipinski definition) is 0. The predicted octanol–water partition coefficient (Wildman–Crippen LogP) is 1.79. The van der Waals surface area contributed by atoms with Crippen LogP contribution >= 0.6 is 0 Å². The number of ketones is 1. The van der Waals surface area contributed by atoms with E-state index in [0.717, 1.165) is 0 Å². The van der Waals surface area contributed by atoms with Crippen LogP contribution in [0.4, 0.5) is 0 Å². The van der Waals surface area contributed by atoms with Crippen molar-refractivity contribution in [3.8, 4) is 0 Å². The number of rotatable bonds is 8. The molecule has 0 aliphatic rings. The summed E-state index contributed by atoms with van der Waals surface area (Å²) in [6, 6.07) is 0. The highest BCUT2D eigenvalue weighted by molar-refractivity contribution is 6.66. The molecule has 0 amide bonds. The molecule has 0 aromatic heterocycles. The van der Waals surface area contributed by atoms with Crippen LogP contribution in [0.5, 0.6) is 0 Å². The number of hydrogen-bond acceptors (Lipinski definition) is 4. The van der Waals surface area contributed by atoms with E-state index in [9.17, 15) is 4.79 Å². The second-order valence-corrected chi connectivity index (χ2v) is 6.40. The minimum absolute atomic E-state index is 0.160. The molecule has 0 saturated carbocycles. The number of carbonyl (C=O) groups excluding carboxylic acids is 1. The van der Waals surface area contributed by atoms with Crippen LogP contribution in [0, 0.1) is 0 Å². The summed E-state index contributed by atoms with van der Waals surface area (Å²) in [5, 5.41) is 0. The van der Waals surface area contributed by atoms with Crippen molar-refractivity contribution in [3.63, 3.8) is 0 Å². The molecule has 0 heterocycles. The zero-order chi connectivity index (χ0) is 11.9. The first-order chi connectivity index (χ1) is 6.95. The maximum Gasteiger partial charge on any atom is 0.373 e. The van der Waals surface area contributed by atoms with Crippen molar-refractivity contribution in [2.75, 3.05) is 19.4 Å². The smallest absolute Gasteiger partial charge is 0.373 e. The predicted molar refractivity (Wildman–Crippen MR) is 60.6 cm³/mol. The third-order valence-corrected chi connectivity index (χ3v) is 4.27. The molecule has 0 radical (unpaired) electrons. The monoisotopic (exact) mass is 232 g/mol. The molecule has 4 nitrogen and oxygen atoms in total. The normalized spacial score (nSPS) is 11.2. The Hall–Kier alpha value is -0.653. The van der Waals surface area contributed by atoms with Crippen molar-refractivity contribution in [3.05, 3.63) is 12.3 Å². The van der Waals surface area contributed by atoms with E-state index in [1.807, 2.05) is 20.4 Å². The van der Waals surface area contributed by atoms with Gasteiger partial charge in [0.1, 0.15) is 6.23 Å². The Morgan fingerprint density at radius 1 is 1.27 bits per heavy atom. The fraction of sp³-hybridized carbons (Fsp3) is 0.700. The van der Waals surface area contributed by atoms with Gasteiger partial charge in [0.05, 0.1) is 0 Å². The van der Waals surface area contributed by atoms with Crippen LogP contribution in [0.3, 0.4) is 0 Å². The van der Waals surface area contributed by atoms with Gasteiger partial charge < -0.3 is 13.6 Å². The molecule has 0 aromatic rings. The van der Waals surface area contributed by atoms with Crippen LogP contribution in [-0.4, -0.2) is 33.8 Å². The van der Waals surface area contributed by atoms with Gasteiger partial charge in [-0.2, -0.15) is 0 Å². The fourth-order valence-electron chi connectivity index (χ4n) is 1.06. The molecule has 15 heavy (non-hydrogen) atoms. The summed E-state index contributed by atoms with van der Waals surface area (Å²) in [6.07, 6.45) is 0.299. The van der Waals surface area contributed by atoms with Crippen LogP contribution in [0.1, 0.15) is 20.8 Å². The fourth-order valence-corrected chi connectivity index (χ4v) is 2.96. The summed E-state index contributed by atoms with van der Waals surface area (Å²) in [7, 11) is -2.29. The highest BCUT2D eigenvalue weighted by atomic mass is 28.4. The molecule has 5 heteroatoms. The van der Waals surface area contributed by atoms with Crippen LogP contribution in [0.15, 0.2) is 12.3 Å². The number of carbonyl (C=O) groups is 1. The highest BCUT2D eigenvalue weighted by Gasteiger charge is 2.32. The van der Waals surface area contributed by atoms with Crippen molar-refractivity contribution in [1.29, 1.82) is 0 Å². The SMILES string of the molecule is C=C(OC[Si](C)(OCC)OCC)C(C)=O. The van der Waals surface area contributed by atoms with Gasteiger partial charge in [-0.05, 0) is 20.4 Å². The highest BCUT2D eigenvalue weighted by Crippen LogP contribution is 2.10. The molecule has 0 bridgehead atoms. The molecule has 0 atom stereocenters. The summed E-state index contributed by atoms with van der Waals surface area (Å²) in [5.74, 6) is -0.00696. The number of ether oxygens (including phenoxy) is 1. The standard InChI is InChI=1S/C10H20O4Si/c1-6-13-15(5,14-7-2)8-12-10(4)9(3)11/h4,6-8H2,1-3,5H3. The molecule has 0 unspecified atom stereocenters. The van der Waals surface area contributed by atoms with Crippen LogP contribution in [0.25, 0.3) is 0 Å². The van der Waals surface area contributed by atoms with E-state index in [-0.39, 0.29) is 11.5 Å². The van der Waals surface area contributed by atoms with E-state index < -0.39 is 8.56 Å². The molecule has 0 rings (SSSR count). The first kappa shape index (κ1) is 14.3. The third kappa shape index (κ3) is 5.71. The molecule has 0 spiro atoms. The Kier molecular flexibility index (Phi) is 6.47. The van der Waals surface area contributed by atoms with Crippen LogP contribution in [-0.2, 0) is 18.4 Å². The van der Waals surface area contributed by atoms with Crippen LogP contribution < -0.4 is 0 Å². The maximum absolute atomic E-state index is 10.9. The van der Waals surface area contributed by atoms with Crippen molar-refractivity contribution in [2.24, 2.45) is 0 Å². The lowest BCUT2D eigenvalue weighted by Crippen LogP contribution is -2.44. The van der Waals surface area contributed by atoms with Crippen molar-refractivity contribution >= 4 is 14.3 Å². The molecular formula is C10H20O4Si. The van der Waals surface area contributed by atoms with Crippen molar-refractivity contribution < 1.29 is 18.4 Å². The zero-order valence-corrected chi connectivity index (χ0v) is 11.0. The Morgan fingerprint density at radius 2 is 1.73 bits per heavy atom. The summed E-state index contributed by atoms with van der Waals surface area (Å²) in [5.41, 5.74) is 0. The van der Waals surface area contributed by atoms with Gasteiger partial charge in [0, 0.05) is 20.1 Å². The Bertz CT molecular complexity index is 221. The van der Waals surface area contributed by atoms with E-state index in [0.29, 0.717) is 19.4 Å². The van der Waals surface area contributed by atoms with Gasteiger partial charge in [-0.3, -0.25) is 4.79 Å². The molecule has 0 aromatic carbocycles. The Labute approximate surface area is 92.5 Å². The molecule has 0 fully saturated rings. The van der Waals surface area contributed by atoms with E-state index in [2.05, 4.69) is 6.58 Å². The summed E-state index contributed by atoms with van der Waals surface area (Å²) in [6.45, 7) is 11.8. The van der Waals surface area contributed by atoms with E-state index >= 15 is 0 Å². The van der Waals surface area contributed by atoms with Gasteiger partial charge in [0.25, 0.3) is 0 Å². The van der Waals surface area contributed by atoms with E-state index in [4.69, 9.17) is 13.6 Å². The molecule has 0 N–H and O–H groups in total. The van der Waals surface area contributed by atoms with Crippen molar-refractivity contribution in [2.45, 2.75) is 27.3 Å². The molecule has 0 saturated heterocycles. The minimum Gasteiger partial charge on any atom is -0.489 e. The first-order valence-corrected chi connectivity index (χ1v) is 7.58. The summed E-state index contributed by atoms with van der Waals surface area (Å²) >= 11 is 0. The second-order valence-electron chi connectivity index (χ2n) is 3.27. The van der Waals surface area contributed by atoms with Gasteiger partial charge in [-0.15, -0.1) is 0 Å². The summed E-state index contributed by atoms with van der Waals surface area (Å²) < 4.78 is 16.3. The van der Waals surface area contributed by atoms with Gasteiger partial charge in [-0.25, -0.2) is 0 Å². The van der Waals surface area contributed by atoms with Gasteiger partial charge in [0.2, 0.25) is 0 Å². The van der Waals surface area contributed by atoms with Gasteiger partial charge >= 0.3 is 8.56 Å². The zero-order valence-electron chi connectivity index (χ0n) is 9.96. The molecule has 88 valence electrons. The average molecular weight is 232 g/mol. The lowest BCUT2D eigenvalue weighted by molar-refractivity contribution is -0.116. The van der Waals surface area contributed by atoms with Gasteiger partial charge in [0.15, 0.2) is 11.5 Å². The van der Waals surface area contributed by atoms with Crippen LogP contribution in [0.2, 0.25) is 6.55 Å². The third-order valence-electron chi connectivity index (χ3n) is 1.80. The number of Topliss-reactive ketones (excluding diaryl/α,β-unsaturated/α-hetero) is 1. The Morgan fingerprint density at radius 3 is 2.07 bits per heavy atom. The Balaban J connectivity index is 4.17.